The molecule has 0 spiro atoms. The van der Waals surface area contributed by atoms with Gasteiger partial charge in [0, 0.05) is 13.2 Å². The maximum absolute atomic E-state index is 9.68. The van der Waals surface area contributed by atoms with Crippen LogP contribution in [0.1, 0.15) is 44.1 Å². The van der Waals surface area contributed by atoms with Crippen molar-refractivity contribution in [3.05, 3.63) is 23.8 Å². The molecule has 132 valence electrons. The number of aryl methyl sites for hydroxylation is 1. The van der Waals surface area contributed by atoms with Gasteiger partial charge in [-0.25, -0.2) is 0 Å². The highest BCUT2D eigenvalue weighted by Gasteiger charge is 2.02. The van der Waals surface area contributed by atoms with Crippen LogP contribution in [0.15, 0.2) is 18.2 Å². The van der Waals surface area contributed by atoms with Gasteiger partial charge in [0.2, 0.25) is 0 Å². The van der Waals surface area contributed by atoms with Gasteiger partial charge in [-0.05, 0) is 61.6 Å². The molecule has 0 saturated heterocycles. The molecule has 0 unspecified atom stereocenters. The normalized spacial score (nSPS) is 11.0. The second kappa shape index (κ2) is 13.5. The predicted molar refractivity (Wildman–Crippen MR) is 96.7 cm³/mol. The number of phenols is 2. The number of thiol groups is 1. The smallest absolute Gasteiger partial charge is 0.119 e. The summed E-state index contributed by atoms with van der Waals surface area (Å²) in [6.07, 6.45) is 7.22. The van der Waals surface area contributed by atoms with Crippen molar-refractivity contribution in [2.24, 2.45) is 0 Å². The SMILES string of the molecule is Oc1ccc(O)c(CCCCCCOCCOCCCCS)c1. The van der Waals surface area contributed by atoms with E-state index in [0.29, 0.717) is 13.2 Å². The monoisotopic (exact) mass is 342 g/mol. The molecular formula is C18H30O4S. The van der Waals surface area contributed by atoms with Crippen LogP contribution in [0.25, 0.3) is 0 Å². The van der Waals surface area contributed by atoms with Crippen molar-refractivity contribution in [2.75, 3.05) is 32.2 Å². The van der Waals surface area contributed by atoms with E-state index in [1.165, 1.54) is 6.07 Å². The van der Waals surface area contributed by atoms with E-state index in [1.54, 1.807) is 12.1 Å². The molecule has 0 bridgehead atoms. The summed E-state index contributed by atoms with van der Waals surface area (Å²) in [5, 5.41) is 19.1. The van der Waals surface area contributed by atoms with E-state index in [4.69, 9.17) is 9.47 Å². The van der Waals surface area contributed by atoms with Gasteiger partial charge in [-0.2, -0.15) is 12.6 Å². The van der Waals surface area contributed by atoms with E-state index in [0.717, 1.165) is 69.5 Å². The van der Waals surface area contributed by atoms with Crippen molar-refractivity contribution in [3.8, 4) is 11.5 Å². The summed E-state index contributed by atoms with van der Waals surface area (Å²) < 4.78 is 11.0. The molecule has 0 heterocycles. The van der Waals surface area contributed by atoms with E-state index < -0.39 is 0 Å². The highest BCUT2D eigenvalue weighted by atomic mass is 32.1. The molecule has 4 nitrogen and oxygen atoms in total. The number of aromatic hydroxyl groups is 2. The lowest BCUT2D eigenvalue weighted by Crippen LogP contribution is -2.06. The van der Waals surface area contributed by atoms with Crippen molar-refractivity contribution < 1.29 is 19.7 Å². The van der Waals surface area contributed by atoms with Crippen LogP contribution in [0.2, 0.25) is 0 Å². The van der Waals surface area contributed by atoms with Crippen LogP contribution in [0.3, 0.4) is 0 Å². The van der Waals surface area contributed by atoms with Gasteiger partial charge < -0.3 is 19.7 Å². The summed E-state index contributed by atoms with van der Waals surface area (Å²) in [7, 11) is 0. The fourth-order valence-electron chi connectivity index (χ4n) is 2.28. The summed E-state index contributed by atoms with van der Waals surface area (Å²) in [5.41, 5.74) is 0.816. The van der Waals surface area contributed by atoms with Crippen LogP contribution in [-0.2, 0) is 15.9 Å². The molecule has 0 aliphatic heterocycles. The molecule has 0 radical (unpaired) electrons. The average Bonchev–Trinajstić information content (AvgIpc) is 2.55. The van der Waals surface area contributed by atoms with Gasteiger partial charge in [-0.3, -0.25) is 0 Å². The van der Waals surface area contributed by atoms with Crippen LogP contribution in [0.5, 0.6) is 11.5 Å². The van der Waals surface area contributed by atoms with Crippen LogP contribution >= 0.6 is 12.6 Å². The van der Waals surface area contributed by atoms with Gasteiger partial charge in [0.05, 0.1) is 13.2 Å². The number of benzene rings is 1. The van der Waals surface area contributed by atoms with Crippen molar-refractivity contribution >= 4 is 12.6 Å². The molecule has 23 heavy (non-hydrogen) atoms. The fourth-order valence-corrected chi connectivity index (χ4v) is 2.51. The molecule has 0 amide bonds. The third-order valence-electron chi connectivity index (χ3n) is 3.62. The Morgan fingerprint density at radius 1 is 0.783 bits per heavy atom. The Morgan fingerprint density at radius 2 is 1.43 bits per heavy atom. The van der Waals surface area contributed by atoms with Gasteiger partial charge in [0.15, 0.2) is 0 Å². The summed E-state index contributed by atoms with van der Waals surface area (Å²) >= 11 is 4.15. The van der Waals surface area contributed by atoms with Crippen molar-refractivity contribution in [2.45, 2.75) is 44.9 Å². The van der Waals surface area contributed by atoms with E-state index in [1.807, 2.05) is 0 Å². The molecule has 0 saturated carbocycles. The number of unbranched alkanes of at least 4 members (excludes halogenated alkanes) is 4. The zero-order valence-corrected chi connectivity index (χ0v) is 14.8. The summed E-state index contributed by atoms with van der Waals surface area (Å²) in [6.45, 7) is 2.91. The molecule has 5 heteroatoms. The Hall–Kier alpha value is -0.910. The molecule has 2 N–H and O–H groups in total. The highest BCUT2D eigenvalue weighted by Crippen LogP contribution is 2.23. The minimum Gasteiger partial charge on any atom is -0.508 e. The largest absolute Gasteiger partial charge is 0.508 e. The second-order valence-electron chi connectivity index (χ2n) is 5.63. The number of ether oxygens (including phenoxy) is 2. The standard InChI is InChI=1S/C18H30O4S/c19-17-8-9-18(20)16(15-17)7-3-1-2-4-10-21-12-13-22-11-5-6-14-23/h8-9,15,19-20,23H,1-7,10-14H2. The summed E-state index contributed by atoms with van der Waals surface area (Å²) in [6, 6.07) is 4.67. The van der Waals surface area contributed by atoms with Crippen LogP contribution in [0.4, 0.5) is 0 Å². The van der Waals surface area contributed by atoms with E-state index >= 15 is 0 Å². The zero-order chi connectivity index (χ0) is 16.8. The lowest BCUT2D eigenvalue weighted by Gasteiger charge is -2.07. The van der Waals surface area contributed by atoms with Gasteiger partial charge in [0.1, 0.15) is 11.5 Å². The first-order chi connectivity index (χ1) is 11.2. The highest BCUT2D eigenvalue weighted by molar-refractivity contribution is 7.80. The summed E-state index contributed by atoms with van der Waals surface area (Å²) in [4.78, 5) is 0. The first kappa shape index (κ1) is 20.1. The average molecular weight is 343 g/mol. The molecular weight excluding hydrogens is 312 g/mol. The van der Waals surface area contributed by atoms with Crippen LogP contribution in [0, 0.1) is 0 Å². The Balaban J connectivity index is 1.87. The Kier molecular flexibility index (Phi) is 11.8. The quantitative estimate of drug-likeness (QED) is 0.272. The number of phenolic OH excluding ortho intramolecular Hbond substituents is 2. The molecule has 1 rings (SSSR count). The number of rotatable bonds is 14. The van der Waals surface area contributed by atoms with Gasteiger partial charge in [-0.15, -0.1) is 0 Å². The van der Waals surface area contributed by atoms with E-state index in [-0.39, 0.29) is 11.5 Å². The van der Waals surface area contributed by atoms with Gasteiger partial charge >= 0.3 is 0 Å². The molecule has 0 aliphatic rings. The van der Waals surface area contributed by atoms with Gasteiger partial charge in [-0.1, -0.05) is 12.8 Å². The Morgan fingerprint density at radius 3 is 2.13 bits per heavy atom. The minimum atomic E-state index is 0.207. The van der Waals surface area contributed by atoms with Crippen molar-refractivity contribution in [3.63, 3.8) is 0 Å². The maximum atomic E-state index is 9.68. The van der Waals surface area contributed by atoms with Crippen LogP contribution < -0.4 is 0 Å². The minimum absolute atomic E-state index is 0.207. The van der Waals surface area contributed by atoms with Crippen molar-refractivity contribution in [1.29, 1.82) is 0 Å². The predicted octanol–water partition coefficient (Wildman–Crippen LogP) is 3.94. The third kappa shape index (κ3) is 10.5. The van der Waals surface area contributed by atoms with Crippen molar-refractivity contribution in [1.82, 2.24) is 0 Å². The van der Waals surface area contributed by atoms with Crippen LogP contribution in [-0.4, -0.2) is 42.4 Å². The lowest BCUT2D eigenvalue weighted by molar-refractivity contribution is 0.0453. The number of hydrogen-bond acceptors (Lipinski definition) is 5. The molecule has 0 fully saturated rings. The lowest BCUT2D eigenvalue weighted by atomic mass is 10.1. The Labute approximate surface area is 145 Å². The molecule has 1 aromatic carbocycles. The van der Waals surface area contributed by atoms with E-state index in [9.17, 15) is 10.2 Å². The third-order valence-corrected chi connectivity index (χ3v) is 3.93. The molecule has 0 aliphatic carbocycles. The maximum Gasteiger partial charge on any atom is 0.119 e. The first-order valence-corrected chi connectivity index (χ1v) is 9.14. The summed E-state index contributed by atoms with van der Waals surface area (Å²) in [5.74, 6) is 1.39. The second-order valence-corrected chi connectivity index (χ2v) is 6.08. The first-order valence-electron chi connectivity index (χ1n) is 8.51. The van der Waals surface area contributed by atoms with Gasteiger partial charge in [0.25, 0.3) is 0 Å². The molecule has 0 aromatic heterocycles. The topological polar surface area (TPSA) is 58.9 Å². The number of hydrogen-bond donors (Lipinski definition) is 3. The van der Waals surface area contributed by atoms with E-state index in [2.05, 4.69) is 12.6 Å². The Bertz CT molecular complexity index is 412. The molecule has 1 aromatic rings. The molecule has 0 atom stereocenters. The zero-order valence-electron chi connectivity index (χ0n) is 13.9. The fraction of sp³-hybridized carbons (Fsp3) is 0.667.